The minimum Gasteiger partial charge on any atom is -0.480 e. The number of hydrogen-bond donors (Lipinski definition) is 4. The van der Waals surface area contributed by atoms with Gasteiger partial charge in [-0.05, 0) is 12.2 Å². The fourth-order valence-corrected chi connectivity index (χ4v) is 0.234. The van der Waals surface area contributed by atoms with Crippen molar-refractivity contribution in [1.29, 1.82) is 0 Å². The molecule has 3 nitrogen and oxygen atoms in total. The highest BCUT2D eigenvalue weighted by Crippen LogP contribution is 1.80. The van der Waals surface area contributed by atoms with Crippen molar-refractivity contribution in [2.24, 2.45) is 5.73 Å². The van der Waals surface area contributed by atoms with Crippen molar-refractivity contribution >= 4 is 31.2 Å². The highest BCUT2D eigenvalue weighted by Gasteiger charge is 2.06. The lowest BCUT2D eigenvalue weighted by molar-refractivity contribution is -0.137. The first-order valence-electron chi connectivity index (χ1n) is 3.30. The van der Waals surface area contributed by atoms with Gasteiger partial charge in [-0.15, -0.1) is 0 Å². The average molecular weight is 197 g/mol. The first-order valence-corrected chi connectivity index (χ1v) is 4.56. The number of hydrogen-bond acceptors (Lipinski definition) is 4. The number of thiol groups is 2. The molecule has 1 unspecified atom stereocenters. The van der Waals surface area contributed by atoms with E-state index in [1.807, 2.05) is 0 Å². The fourth-order valence-electron chi connectivity index (χ4n) is 0.0781. The van der Waals surface area contributed by atoms with E-state index in [-0.39, 0.29) is 5.75 Å². The molecule has 11 heavy (non-hydrogen) atoms. The standard InChI is InChI=1S/C3H7NO2S.C3H8S/c4-2(1-7)3(5)6;1-2-3-4/h2,7H,1,4H2,(H,5,6);4H,2-3H2,1H3. The summed E-state index contributed by atoms with van der Waals surface area (Å²) in [5.74, 6) is 0.199. The van der Waals surface area contributed by atoms with Gasteiger partial charge in [-0.1, -0.05) is 6.92 Å². The number of nitrogens with two attached hydrogens (primary N) is 1. The Morgan fingerprint density at radius 3 is 2.00 bits per heavy atom. The van der Waals surface area contributed by atoms with Gasteiger partial charge in [0, 0.05) is 5.75 Å². The van der Waals surface area contributed by atoms with Crippen molar-refractivity contribution < 1.29 is 9.90 Å². The van der Waals surface area contributed by atoms with Crippen LogP contribution in [0.25, 0.3) is 0 Å². The van der Waals surface area contributed by atoms with Crippen LogP contribution in [0.4, 0.5) is 0 Å². The van der Waals surface area contributed by atoms with Crippen LogP contribution in [0.5, 0.6) is 0 Å². The number of carbonyl (C=O) groups is 1. The van der Waals surface area contributed by atoms with Gasteiger partial charge in [0.2, 0.25) is 0 Å². The molecule has 0 spiro atoms. The van der Waals surface area contributed by atoms with Crippen LogP contribution in [0.1, 0.15) is 13.3 Å². The van der Waals surface area contributed by atoms with Crippen molar-refractivity contribution in [3.63, 3.8) is 0 Å². The molecule has 68 valence electrons. The zero-order valence-corrected chi connectivity index (χ0v) is 8.31. The molecule has 0 bridgehead atoms. The maximum atomic E-state index is 9.76. The third kappa shape index (κ3) is 13.2. The molecule has 0 radical (unpaired) electrons. The second-order valence-corrected chi connectivity index (χ2v) is 2.66. The lowest BCUT2D eigenvalue weighted by Gasteiger charge is -1.96. The Morgan fingerprint density at radius 1 is 1.64 bits per heavy atom. The van der Waals surface area contributed by atoms with Crippen LogP contribution >= 0.6 is 25.3 Å². The molecule has 0 aliphatic heterocycles. The molecule has 0 aromatic carbocycles. The van der Waals surface area contributed by atoms with Crippen molar-refractivity contribution in [3.8, 4) is 0 Å². The Labute approximate surface area is 78.2 Å². The van der Waals surface area contributed by atoms with E-state index in [4.69, 9.17) is 10.8 Å². The van der Waals surface area contributed by atoms with Crippen molar-refractivity contribution in [2.75, 3.05) is 11.5 Å². The Bertz CT molecular complexity index is 98.6. The summed E-state index contributed by atoms with van der Waals surface area (Å²) in [5.41, 5.74) is 4.94. The molecule has 0 aromatic rings. The second-order valence-electron chi connectivity index (χ2n) is 1.85. The van der Waals surface area contributed by atoms with E-state index < -0.39 is 12.0 Å². The molecule has 0 aliphatic rings. The van der Waals surface area contributed by atoms with Crippen LogP contribution < -0.4 is 5.73 Å². The van der Waals surface area contributed by atoms with Gasteiger partial charge in [0.15, 0.2) is 0 Å². The first-order chi connectivity index (χ1) is 5.09. The Balaban J connectivity index is 0. The topological polar surface area (TPSA) is 63.3 Å². The maximum absolute atomic E-state index is 9.76. The summed E-state index contributed by atoms with van der Waals surface area (Å²) < 4.78 is 0. The number of carboxylic acids is 1. The lowest BCUT2D eigenvalue weighted by atomic mass is 10.4. The van der Waals surface area contributed by atoms with Crippen molar-refractivity contribution in [1.82, 2.24) is 0 Å². The molecule has 0 saturated carbocycles. The Morgan fingerprint density at radius 2 is 2.00 bits per heavy atom. The summed E-state index contributed by atoms with van der Waals surface area (Å²) in [5, 5.41) is 8.01. The molecule has 0 rings (SSSR count). The number of rotatable bonds is 3. The number of carboxylic acid groups (broad SMARTS) is 1. The second kappa shape index (κ2) is 10.1. The van der Waals surface area contributed by atoms with Crippen LogP contribution in [0.2, 0.25) is 0 Å². The summed E-state index contributed by atoms with van der Waals surface area (Å²) in [4.78, 5) is 9.76. The molecule has 3 N–H and O–H groups in total. The van der Waals surface area contributed by atoms with Gasteiger partial charge in [-0.2, -0.15) is 25.3 Å². The van der Waals surface area contributed by atoms with E-state index in [1.54, 1.807) is 0 Å². The molecule has 5 heteroatoms. The Kier molecular flexibility index (Phi) is 12.6. The normalized spacial score (nSPS) is 11.3. The predicted octanol–water partition coefficient (Wildman–Crippen LogP) is 0.654. The first kappa shape index (κ1) is 13.7. The predicted molar refractivity (Wildman–Crippen MR) is 53.6 cm³/mol. The third-order valence-electron chi connectivity index (χ3n) is 0.738. The highest BCUT2D eigenvalue weighted by molar-refractivity contribution is 7.80. The van der Waals surface area contributed by atoms with Gasteiger partial charge in [0.1, 0.15) is 6.04 Å². The summed E-state index contributed by atoms with van der Waals surface area (Å²) in [6, 6.07) is -0.816. The van der Waals surface area contributed by atoms with Gasteiger partial charge >= 0.3 is 5.97 Å². The SMILES string of the molecule is CCCS.NC(CS)C(=O)O. The van der Waals surface area contributed by atoms with E-state index in [1.165, 1.54) is 6.42 Å². The van der Waals surface area contributed by atoms with E-state index >= 15 is 0 Å². The highest BCUT2D eigenvalue weighted by atomic mass is 32.1. The van der Waals surface area contributed by atoms with Gasteiger partial charge < -0.3 is 10.8 Å². The zero-order chi connectivity index (χ0) is 9.28. The molecule has 1 atom stereocenters. The Hall–Kier alpha value is 0.130. The average Bonchev–Trinajstić information content (AvgIpc) is 2.03. The fraction of sp³-hybridized carbons (Fsp3) is 0.833. The van der Waals surface area contributed by atoms with Crippen molar-refractivity contribution in [3.05, 3.63) is 0 Å². The minimum absolute atomic E-state index is 0.190. The van der Waals surface area contributed by atoms with E-state index in [0.717, 1.165) is 5.75 Å². The van der Waals surface area contributed by atoms with Gasteiger partial charge in [0.25, 0.3) is 0 Å². The molecule has 0 aliphatic carbocycles. The molecular weight excluding hydrogens is 182 g/mol. The van der Waals surface area contributed by atoms with Crippen LogP contribution in [-0.4, -0.2) is 28.6 Å². The maximum Gasteiger partial charge on any atom is 0.321 e. The van der Waals surface area contributed by atoms with E-state index in [0.29, 0.717) is 0 Å². The molecule has 0 aromatic heterocycles. The smallest absolute Gasteiger partial charge is 0.321 e. The van der Waals surface area contributed by atoms with Crippen LogP contribution in [-0.2, 0) is 4.79 Å². The van der Waals surface area contributed by atoms with Crippen LogP contribution in [0.15, 0.2) is 0 Å². The van der Waals surface area contributed by atoms with Crippen LogP contribution in [0.3, 0.4) is 0 Å². The largest absolute Gasteiger partial charge is 0.480 e. The molecule has 0 heterocycles. The van der Waals surface area contributed by atoms with E-state index in [9.17, 15) is 4.79 Å². The minimum atomic E-state index is -1.00. The summed E-state index contributed by atoms with van der Waals surface area (Å²) in [6.45, 7) is 2.10. The molecule has 0 fully saturated rings. The van der Waals surface area contributed by atoms with Crippen molar-refractivity contribution in [2.45, 2.75) is 19.4 Å². The lowest BCUT2D eigenvalue weighted by Crippen LogP contribution is -2.31. The van der Waals surface area contributed by atoms with Crippen LogP contribution in [0, 0.1) is 0 Å². The summed E-state index contributed by atoms with van der Waals surface area (Å²) in [7, 11) is 0. The molecular formula is C6H15NO2S2. The number of aliphatic carboxylic acids is 1. The quantitative estimate of drug-likeness (QED) is 0.502. The molecule has 0 saturated heterocycles. The van der Waals surface area contributed by atoms with Gasteiger partial charge in [-0.25, -0.2) is 0 Å². The summed E-state index contributed by atoms with van der Waals surface area (Å²) in [6.07, 6.45) is 1.18. The van der Waals surface area contributed by atoms with Gasteiger partial charge in [-0.3, -0.25) is 4.79 Å². The zero-order valence-electron chi connectivity index (χ0n) is 6.53. The van der Waals surface area contributed by atoms with Gasteiger partial charge in [0.05, 0.1) is 0 Å². The third-order valence-corrected chi connectivity index (χ3v) is 1.58. The summed E-state index contributed by atoms with van der Waals surface area (Å²) >= 11 is 7.57. The monoisotopic (exact) mass is 197 g/mol. The van der Waals surface area contributed by atoms with E-state index in [2.05, 4.69) is 32.2 Å². The molecule has 0 amide bonds.